The van der Waals surface area contributed by atoms with Gasteiger partial charge in [0.2, 0.25) is 0 Å². The molecule has 3 aliphatic carbocycles. The number of fused-ring (bicyclic) bond motifs is 3. The van der Waals surface area contributed by atoms with Crippen molar-refractivity contribution in [2.75, 3.05) is 20.8 Å². The fourth-order valence-electron chi connectivity index (χ4n) is 7.10. The molecule has 0 aliphatic heterocycles. The minimum absolute atomic E-state index is 0.0867. The summed E-state index contributed by atoms with van der Waals surface area (Å²) >= 11 is 0. The van der Waals surface area contributed by atoms with Crippen LogP contribution in [0, 0.1) is 23.7 Å². The second kappa shape index (κ2) is 9.37. The van der Waals surface area contributed by atoms with Crippen LogP contribution in [0.15, 0.2) is 12.1 Å². The first-order valence-corrected chi connectivity index (χ1v) is 12.8. The van der Waals surface area contributed by atoms with E-state index in [9.17, 15) is 4.79 Å². The van der Waals surface area contributed by atoms with Crippen molar-refractivity contribution >= 4 is 5.97 Å². The number of ether oxygens (including phenoxy) is 3. The third-order valence-electron chi connectivity index (χ3n) is 9.31. The van der Waals surface area contributed by atoms with E-state index in [0.717, 1.165) is 24.2 Å². The first kappa shape index (κ1) is 23.6. The molecular formula is C28H42O4. The SMILES string of the molecule is CCOC(=O)C1(c2cc3c(cc2OC)CC[C@@H]2[C@@H]3CCC[C@@H](OC)CC[C@@H]2C)C(C)C1C. The summed E-state index contributed by atoms with van der Waals surface area (Å²) in [5.41, 5.74) is 3.37. The lowest BCUT2D eigenvalue weighted by atomic mass is 9.67. The van der Waals surface area contributed by atoms with Gasteiger partial charge in [0.15, 0.2) is 0 Å². The highest BCUT2D eigenvalue weighted by molar-refractivity contribution is 5.89. The summed E-state index contributed by atoms with van der Waals surface area (Å²) in [6.07, 6.45) is 8.68. The normalized spacial score (nSPS) is 36.7. The predicted molar refractivity (Wildman–Crippen MR) is 127 cm³/mol. The van der Waals surface area contributed by atoms with E-state index in [1.165, 1.54) is 43.2 Å². The molecule has 0 spiro atoms. The lowest BCUT2D eigenvalue weighted by Crippen LogP contribution is -2.30. The van der Waals surface area contributed by atoms with Gasteiger partial charge in [-0.25, -0.2) is 0 Å². The van der Waals surface area contributed by atoms with Gasteiger partial charge in [-0.2, -0.15) is 0 Å². The van der Waals surface area contributed by atoms with Gasteiger partial charge in [0.05, 0.1) is 19.8 Å². The van der Waals surface area contributed by atoms with Crippen LogP contribution >= 0.6 is 0 Å². The van der Waals surface area contributed by atoms with Crippen LogP contribution in [0.4, 0.5) is 0 Å². The Hall–Kier alpha value is -1.55. The molecule has 0 radical (unpaired) electrons. The number of hydrogen-bond acceptors (Lipinski definition) is 4. The number of methoxy groups -OCH3 is 2. The third-order valence-corrected chi connectivity index (χ3v) is 9.31. The second-order valence-corrected chi connectivity index (χ2v) is 10.6. The van der Waals surface area contributed by atoms with Crippen LogP contribution in [0.3, 0.4) is 0 Å². The molecule has 4 nitrogen and oxygen atoms in total. The Bertz CT molecular complexity index is 823. The zero-order valence-electron chi connectivity index (χ0n) is 20.9. The minimum atomic E-state index is -0.575. The number of carbonyl (C=O) groups excluding carboxylic acids is 1. The van der Waals surface area contributed by atoms with Gasteiger partial charge < -0.3 is 14.2 Å². The molecule has 0 saturated heterocycles. The number of hydrogen-bond donors (Lipinski definition) is 0. The molecular weight excluding hydrogens is 400 g/mol. The van der Waals surface area contributed by atoms with Gasteiger partial charge in [-0.3, -0.25) is 4.79 Å². The molecule has 4 heteroatoms. The molecule has 178 valence electrons. The predicted octanol–water partition coefficient (Wildman–Crippen LogP) is 6.04. The molecule has 6 atom stereocenters. The van der Waals surface area contributed by atoms with E-state index in [0.29, 0.717) is 30.5 Å². The summed E-state index contributed by atoms with van der Waals surface area (Å²) < 4.78 is 17.3. The van der Waals surface area contributed by atoms with E-state index in [1.807, 2.05) is 14.0 Å². The van der Waals surface area contributed by atoms with Crippen LogP contribution in [0.5, 0.6) is 5.75 Å². The van der Waals surface area contributed by atoms with Crippen molar-refractivity contribution in [1.82, 2.24) is 0 Å². The molecule has 2 unspecified atom stereocenters. The van der Waals surface area contributed by atoms with Crippen molar-refractivity contribution < 1.29 is 19.0 Å². The Kier molecular flexibility index (Phi) is 6.91. The molecule has 2 saturated carbocycles. The largest absolute Gasteiger partial charge is 0.496 e. The maximum absolute atomic E-state index is 13.2. The Balaban J connectivity index is 1.77. The maximum atomic E-state index is 13.2. The van der Waals surface area contributed by atoms with Gasteiger partial charge in [-0.05, 0) is 92.2 Å². The van der Waals surface area contributed by atoms with Crippen molar-refractivity contribution in [2.45, 2.75) is 90.1 Å². The number of benzene rings is 1. The molecule has 0 bridgehead atoms. The van der Waals surface area contributed by atoms with Crippen molar-refractivity contribution in [2.24, 2.45) is 23.7 Å². The van der Waals surface area contributed by atoms with E-state index >= 15 is 0 Å². The summed E-state index contributed by atoms with van der Waals surface area (Å²) in [6.45, 7) is 9.10. The van der Waals surface area contributed by atoms with Crippen molar-refractivity contribution in [1.29, 1.82) is 0 Å². The fourth-order valence-corrected chi connectivity index (χ4v) is 7.10. The van der Waals surface area contributed by atoms with Crippen LogP contribution in [-0.4, -0.2) is 32.9 Å². The number of rotatable bonds is 5. The summed E-state index contributed by atoms with van der Waals surface area (Å²) in [6, 6.07) is 4.61. The summed E-state index contributed by atoms with van der Waals surface area (Å²) in [4.78, 5) is 13.2. The van der Waals surface area contributed by atoms with Crippen molar-refractivity contribution in [3.63, 3.8) is 0 Å². The Morgan fingerprint density at radius 3 is 2.41 bits per heavy atom. The van der Waals surface area contributed by atoms with Crippen LogP contribution in [0.1, 0.15) is 88.8 Å². The van der Waals surface area contributed by atoms with E-state index in [2.05, 4.69) is 32.9 Å². The van der Waals surface area contributed by atoms with E-state index < -0.39 is 5.41 Å². The fraction of sp³-hybridized carbons (Fsp3) is 0.750. The first-order valence-electron chi connectivity index (χ1n) is 12.8. The van der Waals surface area contributed by atoms with E-state index in [1.54, 1.807) is 7.11 Å². The quantitative estimate of drug-likeness (QED) is 0.521. The van der Waals surface area contributed by atoms with Gasteiger partial charge in [0.1, 0.15) is 11.2 Å². The molecule has 1 aromatic rings. The zero-order chi connectivity index (χ0) is 23.0. The Morgan fingerprint density at radius 2 is 1.78 bits per heavy atom. The molecule has 0 N–H and O–H groups in total. The zero-order valence-corrected chi connectivity index (χ0v) is 20.9. The van der Waals surface area contributed by atoms with Gasteiger partial charge in [-0.1, -0.05) is 33.3 Å². The smallest absolute Gasteiger partial charge is 0.317 e. The van der Waals surface area contributed by atoms with E-state index in [4.69, 9.17) is 14.2 Å². The minimum Gasteiger partial charge on any atom is -0.496 e. The maximum Gasteiger partial charge on any atom is 0.317 e. The van der Waals surface area contributed by atoms with Gasteiger partial charge in [-0.15, -0.1) is 0 Å². The van der Waals surface area contributed by atoms with Crippen LogP contribution in [0.25, 0.3) is 0 Å². The molecule has 2 fully saturated rings. The monoisotopic (exact) mass is 442 g/mol. The third kappa shape index (κ3) is 3.77. The molecule has 0 heterocycles. The average molecular weight is 443 g/mol. The molecule has 0 aromatic heterocycles. The highest BCUT2D eigenvalue weighted by Crippen LogP contribution is 2.63. The average Bonchev–Trinajstić information content (AvgIpc) is 3.32. The topological polar surface area (TPSA) is 44.8 Å². The van der Waals surface area contributed by atoms with Crippen molar-refractivity contribution in [3.8, 4) is 5.75 Å². The standard InChI is InChI=1S/C28H42O4/c1-7-32-27(29)28(18(3)19(28)4)25-16-24-20(15-26(25)31-6)12-14-22-17(2)11-13-21(30-5)9-8-10-23(22)24/h15-19,21-23H,7-14H2,1-6H3/t17-,18?,19?,21+,22-,23-,28?/m0/s1. The Morgan fingerprint density at radius 1 is 1.03 bits per heavy atom. The summed E-state index contributed by atoms with van der Waals surface area (Å²) in [5.74, 6) is 3.24. The van der Waals surface area contributed by atoms with Crippen LogP contribution in [-0.2, 0) is 26.1 Å². The van der Waals surface area contributed by atoms with Crippen LogP contribution in [0.2, 0.25) is 0 Å². The molecule has 3 aliphatic rings. The molecule has 32 heavy (non-hydrogen) atoms. The summed E-state index contributed by atoms with van der Waals surface area (Å²) in [5, 5.41) is 0. The second-order valence-electron chi connectivity index (χ2n) is 10.6. The van der Waals surface area contributed by atoms with Gasteiger partial charge in [0.25, 0.3) is 0 Å². The Labute approximate surface area is 194 Å². The lowest BCUT2D eigenvalue weighted by Gasteiger charge is -2.38. The summed E-state index contributed by atoms with van der Waals surface area (Å²) in [7, 11) is 3.60. The molecule has 4 rings (SSSR count). The van der Waals surface area contributed by atoms with Crippen LogP contribution < -0.4 is 4.74 Å². The van der Waals surface area contributed by atoms with Crippen molar-refractivity contribution in [3.05, 3.63) is 28.8 Å². The van der Waals surface area contributed by atoms with Gasteiger partial charge >= 0.3 is 5.97 Å². The molecule has 1 aromatic carbocycles. The van der Waals surface area contributed by atoms with Gasteiger partial charge in [0, 0.05) is 12.7 Å². The number of carbonyl (C=O) groups is 1. The van der Waals surface area contributed by atoms with E-state index in [-0.39, 0.29) is 17.8 Å². The number of esters is 1. The molecule has 0 amide bonds. The highest BCUT2D eigenvalue weighted by Gasteiger charge is 2.68. The first-order chi connectivity index (χ1) is 15.4. The lowest BCUT2D eigenvalue weighted by molar-refractivity contribution is -0.147. The number of aryl methyl sites for hydroxylation is 1. The highest BCUT2D eigenvalue weighted by atomic mass is 16.5.